The highest BCUT2D eigenvalue weighted by molar-refractivity contribution is 5.88. The number of aromatic hydroxyl groups is 5. The maximum absolute atomic E-state index is 12.8. The third-order valence-electron chi connectivity index (χ3n) is 7.08. The summed E-state index contributed by atoms with van der Waals surface area (Å²) in [6.07, 6.45) is -2.22. The highest BCUT2D eigenvalue weighted by Crippen LogP contribution is 2.37. The van der Waals surface area contributed by atoms with Crippen molar-refractivity contribution in [3.8, 4) is 28.7 Å². The summed E-state index contributed by atoms with van der Waals surface area (Å²) in [5, 5.41) is 59.5. The van der Waals surface area contributed by atoms with Crippen LogP contribution in [0.4, 0.5) is 0 Å². The van der Waals surface area contributed by atoms with Gasteiger partial charge in [0.25, 0.3) is 0 Å². The fourth-order valence-corrected chi connectivity index (χ4v) is 4.72. The number of rotatable bonds is 8. The minimum Gasteiger partial charge on any atom is -0.508 e. The number of esters is 2. The first kappa shape index (κ1) is 31.3. The summed E-state index contributed by atoms with van der Waals surface area (Å²) >= 11 is 0. The van der Waals surface area contributed by atoms with Gasteiger partial charge in [-0.05, 0) is 65.2 Å². The van der Waals surface area contributed by atoms with Gasteiger partial charge in [-0.15, -0.1) is 0 Å². The Balaban J connectivity index is 1.30. The average Bonchev–Trinajstić information content (AvgIpc) is 3.03. The predicted octanol–water partition coefficient (Wildman–Crippen LogP) is 2.64. The number of carbonyl (C=O) groups is 2. The Bertz CT molecular complexity index is 1580. The van der Waals surface area contributed by atoms with E-state index >= 15 is 0 Å². The van der Waals surface area contributed by atoms with Crippen molar-refractivity contribution in [2.45, 2.75) is 36.8 Å². The molecule has 0 aliphatic carbocycles. The van der Waals surface area contributed by atoms with Crippen molar-refractivity contribution in [1.82, 2.24) is 0 Å². The molecule has 2 saturated heterocycles. The van der Waals surface area contributed by atoms with Crippen LogP contribution >= 0.6 is 0 Å². The second kappa shape index (κ2) is 13.7. The van der Waals surface area contributed by atoms with Crippen LogP contribution in [0.2, 0.25) is 0 Å². The van der Waals surface area contributed by atoms with Gasteiger partial charge >= 0.3 is 11.9 Å². The summed E-state index contributed by atoms with van der Waals surface area (Å²) < 4.78 is 28.6. The monoisotopic (exact) mass is 622 g/mol. The molecule has 0 radical (unpaired) electrons. The van der Waals surface area contributed by atoms with Crippen LogP contribution in [0.25, 0.3) is 12.2 Å². The molecule has 3 aromatic rings. The van der Waals surface area contributed by atoms with Gasteiger partial charge in [0, 0.05) is 12.2 Å². The van der Waals surface area contributed by atoms with Crippen molar-refractivity contribution in [1.29, 1.82) is 0 Å². The molecule has 45 heavy (non-hydrogen) atoms. The molecule has 3 aromatic carbocycles. The smallest absolute Gasteiger partial charge is 0.331 e. The number of ether oxygens (including phenoxy) is 5. The summed E-state index contributed by atoms with van der Waals surface area (Å²) in [6.45, 7) is -0.488. The zero-order valence-electron chi connectivity index (χ0n) is 23.5. The molecule has 236 valence electrons. The van der Waals surface area contributed by atoms with Crippen molar-refractivity contribution >= 4 is 24.1 Å². The van der Waals surface area contributed by atoms with E-state index in [4.69, 9.17) is 23.7 Å². The molecular weight excluding hydrogens is 592 g/mol. The Morgan fingerprint density at radius 2 is 1.42 bits per heavy atom. The number of hydrogen-bond acceptors (Lipinski definition) is 13. The van der Waals surface area contributed by atoms with E-state index in [1.54, 1.807) is 12.1 Å². The molecule has 0 unspecified atom stereocenters. The normalized spacial score (nSPS) is 24.7. The van der Waals surface area contributed by atoms with E-state index in [0.29, 0.717) is 16.7 Å². The third-order valence-corrected chi connectivity index (χ3v) is 7.08. The van der Waals surface area contributed by atoms with Gasteiger partial charge < -0.3 is 54.3 Å². The second-order valence-electron chi connectivity index (χ2n) is 10.2. The van der Waals surface area contributed by atoms with Crippen LogP contribution in [-0.2, 0) is 33.3 Å². The van der Waals surface area contributed by atoms with E-state index in [-0.39, 0.29) is 35.4 Å². The molecule has 0 amide bonds. The first-order valence-corrected chi connectivity index (χ1v) is 13.7. The SMILES string of the molecule is O=C(/C=C/c1ccc(O)cc1)OC[C@H]1O[C@@H]2OC[C@H](c3ccc(O)c(O)c3)O[C@@H]2[C@@H](O)[C@@H]1OC(=O)/C=C/c1ccc(O)c(O)c1. The Hall–Kier alpha value is -5.08. The standard InChI is InChI=1S/C32H30O13/c33-20-7-1-17(2-8-20)4-11-27(38)41-16-26-30(45-28(39)12-5-18-3-9-21(34)23(36)13-18)29(40)31-32(44-26)42-15-25(43-31)19-6-10-22(35)24(37)14-19/h1-14,25-26,29-37,40H,15-16H2/b11-4+,12-5+/t25-,26-,29+,30-,31-,32+/m1/s1. The van der Waals surface area contributed by atoms with Gasteiger partial charge in [-0.2, -0.15) is 0 Å². The Morgan fingerprint density at radius 3 is 2.13 bits per heavy atom. The van der Waals surface area contributed by atoms with Gasteiger partial charge in [0.1, 0.15) is 36.8 Å². The van der Waals surface area contributed by atoms with Gasteiger partial charge in [-0.3, -0.25) is 0 Å². The number of aliphatic hydroxyl groups is 1. The lowest BCUT2D eigenvalue weighted by atomic mass is 9.97. The quantitative estimate of drug-likeness (QED) is 0.122. The summed E-state index contributed by atoms with van der Waals surface area (Å²) in [5.41, 5.74) is 1.44. The Morgan fingerprint density at radius 1 is 0.778 bits per heavy atom. The lowest BCUT2D eigenvalue weighted by molar-refractivity contribution is -0.350. The number of aliphatic hydroxyl groups excluding tert-OH is 1. The maximum atomic E-state index is 12.8. The van der Waals surface area contributed by atoms with E-state index < -0.39 is 55.4 Å². The summed E-state index contributed by atoms with van der Waals surface area (Å²) in [6, 6.07) is 14.1. The van der Waals surface area contributed by atoms with Crippen LogP contribution in [0.15, 0.2) is 72.8 Å². The molecule has 6 atom stereocenters. The van der Waals surface area contributed by atoms with Crippen molar-refractivity contribution < 1.29 is 63.9 Å². The van der Waals surface area contributed by atoms with Crippen molar-refractivity contribution in [2.75, 3.05) is 13.2 Å². The highest BCUT2D eigenvalue weighted by Gasteiger charge is 2.51. The summed E-state index contributed by atoms with van der Waals surface area (Å²) in [7, 11) is 0. The van der Waals surface area contributed by atoms with Crippen molar-refractivity contribution in [2.24, 2.45) is 0 Å². The predicted molar refractivity (Wildman–Crippen MR) is 155 cm³/mol. The largest absolute Gasteiger partial charge is 0.508 e. The molecule has 13 nitrogen and oxygen atoms in total. The molecule has 5 rings (SSSR count). The minimum absolute atomic E-state index is 0.0490. The van der Waals surface area contributed by atoms with Crippen molar-refractivity contribution in [3.63, 3.8) is 0 Å². The lowest BCUT2D eigenvalue weighted by Crippen LogP contribution is -2.63. The van der Waals surface area contributed by atoms with Gasteiger partial charge in [0.2, 0.25) is 0 Å². The topological polar surface area (TPSA) is 202 Å². The molecule has 2 fully saturated rings. The van der Waals surface area contributed by atoms with Gasteiger partial charge in [-0.25, -0.2) is 9.59 Å². The second-order valence-corrected chi connectivity index (χ2v) is 10.2. The Labute approximate surface area is 256 Å². The fraction of sp³-hybridized carbons (Fsp3) is 0.250. The van der Waals surface area contributed by atoms with Crippen LogP contribution in [0, 0.1) is 0 Å². The van der Waals surface area contributed by atoms with Gasteiger partial charge in [0.05, 0.1) is 6.61 Å². The number of carbonyl (C=O) groups excluding carboxylic acids is 2. The molecule has 0 saturated carbocycles. The van der Waals surface area contributed by atoms with Crippen LogP contribution in [-0.4, -0.2) is 86.5 Å². The van der Waals surface area contributed by atoms with Gasteiger partial charge in [-0.1, -0.05) is 24.3 Å². The van der Waals surface area contributed by atoms with Crippen LogP contribution in [0.3, 0.4) is 0 Å². The maximum Gasteiger partial charge on any atom is 0.331 e. The summed E-state index contributed by atoms with van der Waals surface area (Å²) in [4.78, 5) is 25.3. The molecule has 2 aliphatic rings. The first-order valence-electron chi connectivity index (χ1n) is 13.7. The summed E-state index contributed by atoms with van der Waals surface area (Å²) in [5.74, 6) is -3.02. The first-order chi connectivity index (χ1) is 21.6. The third kappa shape index (κ3) is 7.72. The van der Waals surface area contributed by atoms with Gasteiger partial charge in [0.15, 0.2) is 35.4 Å². The highest BCUT2D eigenvalue weighted by atomic mass is 16.7. The molecule has 0 bridgehead atoms. The molecule has 13 heteroatoms. The van der Waals surface area contributed by atoms with Crippen LogP contribution in [0.1, 0.15) is 22.8 Å². The molecule has 0 spiro atoms. The van der Waals surface area contributed by atoms with E-state index in [1.807, 2.05) is 0 Å². The number of hydrogen-bond donors (Lipinski definition) is 6. The fourth-order valence-electron chi connectivity index (χ4n) is 4.72. The zero-order chi connectivity index (χ0) is 32.1. The molecule has 6 N–H and O–H groups in total. The van der Waals surface area contributed by atoms with Crippen LogP contribution in [0.5, 0.6) is 28.7 Å². The average molecular weight is 623 g/mol. The number of fused-ring (bicyclic) bond motifs is 1. The number of phenols is 5. The molecular formula is C32H30O13. The van der Waals surface area contributed by atoms with E-state index in [1.165, 1.54) is 60.7 Å². The molecule has 0 aromatic heterocycles. The van der Waals surface area contributed by atoms with E-state index in [9.17, 15) is 40.2 Å². The molecule has 2 heterocycles. The van der Waals surface area contributed by atoms with Crippen LogP contribution < -0.4 is 0 Å². The zero-order valence-corrected chi connectivity index (χ0v) is 23.5. The lowest BCUT2D eigenvalue weighted by Gasteiger charge is -2.47. The van der Waals surface area contributed by atoms with E-state index in [2.05, 4.69) is 0 Å². The van der Waals surface area contributed by atoms with Crippen molar-refractivity contribution in [3.05, 3.63) is 89.5 Å². The van der Waals surface area contributed by atoms with E-state index in [0.717, 1.165) is 12.2 Å². The number of benzene rings is 3. The number of phenolic OH excluding ortho intramolecular Hbond substituents is 5. The minimum atomic E-state index is -1.52. The Kier molecular flexibility index (Phi) is 9.54. The molecule has 2 aliphatic heterocycles.